The number of para-hydroxylation sites is 1. The summed E-state index contributed by atoms with van der Waals surface area (Å²) in [7, 11) is 6.06. The number of esters is 3. The third-order valence-corrected chi connectivity index (χ3v) is 16.0. The number of nitrogens with zero attached hydrogens (tertiary/aromatic N) is 3. The molecule has 6 heterocycles. The van der Waals surface area contributed by atoms with Gasteiger partial charge < -0.3 is 44.2 Å². The fourth-order valence-electron chi connectivity index (χ4n) is 14.0. The highest BCUT2D eigenvalue weighted by Crippen LogP contribution is 2.69. The topological polar surface area (TPSA) is 174 Å². The molecule has 4 fully saturated rings. The lowest BCUT2D eigenvalue weighted by Crippen LogP contribution is -2.82. The number of hydrogen-bond donors (Lipinski definition) is 4. The normalized spacial score (nSPS) is 38.1. The monoisotopic (exact) mass is 828 g/mol. The average molecular weight is 829 g/mol. The van der Waals surface area contributed by atoms with E-state index in [1.165, 1.54) is 21.1 Å². The highest BCUT2D eigenvalue weighted by Gasteiger charge is 2.81. The molecule has 4 N–H and O–H groups in total. The van der Waals surface area contributed by atoms with Gasteiger partial charge in [0.25, 0.3) is 0 Å². The summed E-state index contributed by atoms with van der Waals surface area (Å²) in [5.41, 5.74) is -2.10. The number of aromatic nitrogens is 1. The minimum absolute atomic E-state index is 0.121. The van der Waals surface area contributed by atoms with Crippen LogP contribution < -0.4 is 9.64 Å². The van der Waals surface area contributed by atoms with Crippen LogP contribution in [0.15, 0.2) is 36.4 Å². The summed E-state index contributed by atoms with van der Waals surface area (Å²) in [6, 6.07) is 10.7. The number of fused-ring (bicyclic) bond motifs is 6. The lowest BCUT2D eigenvalue weighted by molar-refractivity contribution is -0.249. The fourth-order valence-corrected chi connectivity index (χ4v) is 14.0. The Labute approximate surface area is 351 Å². The van der Waals surface area contributed by atoms with Crippen LogP contribution in [0.3, 0.4) is 0 Å². The first kappa shape index (κ1) is 41.2. The number of aliphatic hydroxyl groups is 3. The van der Waals surface area contributed by atoms with Gasteiger partial charge in [-0.15, -0.1) is 0 Å². The zero-order valence-electron chi connectivity index (χ0n) is 35.9. The molecule has 2 aromatic carbocycles. The molecule has 0 radical (unpaired) electrons. The minimum Gasteiger partial charge on any atom is -0.496 e. The van der Waals surface area contributed by atoms with Gasteiger partial charge in [0.2, 0.25) is 5.60 Å². The van der Waals surface area contributed by atoms with Gasteiger partial charge in [-0.1, -0.05) is 32.0 Å². The summed E-state index contributed by atoms with van der Waals surface area (Å²) >= 11 is 0. The van der Waals surface area contributed by atoms with E-state index in [0.29, 0.717) is 88.2 Å². The van der Waals surface area contributed by atoms with Gasteiger partial charge in [-0.3, -0.25) is 19.4 Å². The highest BCUT2D eigenvalue weighted by molar-refractivity contribution is 5.95. The molecule has 324 valence electrons. The molecule has 3 saturated heterocycles. The van der Waals surface area contributed by atoms with Crippen LogP contribution in [0, 0.1) is 11.3 Å². The number of piperidine rings is 2. The SMILES string of the molecule is CC[C@]1(O)C[C@@H]2CN(CCc3c([nH]c4ccccc34)[C@@](C(=O)OC)(c3cc4c(cc3OC)N(C)[C@H]3[C@@](O)(C(=O)OC)[C@H](OC(C)=O)[C@]5(CC)C[C@@H](O)CN6CC[C@]43[C@@H]65)C2)C1. The molecule has 9 rings (SSSR count). The van der Waals surface area contributed by atoms with Crippen LogP contribution in [0.5, 0.6) is 5.75 Å². The number of likely N-dealkylation sites (N-methyl/N-ethyl adjacent to an activating group) is 1. The van der Waals surface area contributed by atoms with Crippen molar-refractivity contribution in [3.05, 3.63) is 58.8 Å². The van der Waals surface area contributed by atoms with Crippen molar-refractivity contribution in [2.75, 3.05) is 66.0 Å². The van der Waals surface area contributed by atoms with Crippen LogP contribution in [-0.4, -0.2) is 145 Å². The molecule has 0 amide bonds. The van der Waals surface area contributed by atoms with Crippen molar-refractivity contribution in [2.24, 2.45) is 11.3 Å². The molecule has 5 aliphatic heterocycles. The molecule has 1 unspecified atom stereocenters. The van der Waals surface area contributed by atoms with Gasteiger partial charge >= 0.3 is 17.9 Å². The van der Waals surface area contributed by atoms with E-state index < -0.39 is 69.6 Å². The number of ether oxygens (including phenoxy) is 4. The number of nitrogens with one attached hydrogen (secondary N) is 1. The van der Waals surface area contributed by atoms with E-state index in [2.05, 4.69) is 26.9 Å². The van der Waals surface area contributed by atoms with Gasteiger partial charge in [0.15, 0.2) is 6.10 Å². The Balaban J connectivity index is 1.36. The van der Waals surface area contributed by atoms with Gasteiger partial charge in [-0.25, -0.2) is 4.79 Å². The molecule has 11 atom stereocenters. The van der Waals surface area contributed by atoms with Gasteiger partial charge in [0, 0.05) is 90.9 Å². The maximum Gasteiger partial charge on any atom is 0.344 e. The van der Waals surface area contributed by atoms with E-state index in [4.69, 9.17) is 18.9 Å². The Bertz CT molecular complexity index is 2250. The van der Waals surface area contributed by atoms with Crippen molar-refractivity contribution in [1.29, 1.82) is 0 Å². The minimum atomic E-state index is -2.38. The lowest BCUT2D eigenvalue weighted by Gasteiger charge is -2.65. The molecule has 1 aromatic heterocycles. The zero-order chi connectivity index (χ0) is 42.7. The fraction of sp³-hybridized carbons (Fsp3) is 0.630. The van der Waals surface area contributed by atoms with Crippen LogP contribution in [0.4, 0.5) is 5.69 Å². The number of carbonyl (C=O) groups excluding carboxylic acids is 3. The van der Waals surface area contributed by atoms with Crippen LogP contribution in [0.1, 0.15) is 81.7 Å². The Kier molecular flexibility index (Phi) is 9.72. The standard InChI is InChI=1S/C46H60N4O10/c1-8-42(55)20-27-21-45(40(53)58-6,36-30(14-16-49(23-27)25-42)29-12-10-11-13-33(29)47-36)32-18-31-34(19-35(32)57-5)48(4)38-44(31)15-17-50-24-28(52)22-43(9-2,37(44)50)39(60-26(3)51)46(38,56)41(54)59-7/h10-13,18-19,27-28,37-39,47,52,55-56H,8-9,14-17,20-25H2,1-7H3/t27-,28+,37-,38+,39+,42-,43+,44+,45-,46-/m0/s1. The number of benzene rings is 2. The maximum absolute atomic E-state index is 15.3. The molecule has 14 nitrogen and oxygen atoms in total. The lowest BCUT2D eigenvalue weighted by atomic mass is 9.46. The first-order valence-electron chi connectivity index (χ1n) is 21.6. The summed E-state index contributed by atoms with van der Waals surface area (Å²) in [4.78, 5) is 53.1. The van der Waals surface area contributed by atoms with Crippen molar-refractivity contribution in [2.45, 2.75) is 112 Å². The first-order chi connectivity index (χ1) is 28.6. The smallest absolute Gasteiger partial charge is 0.344 e. The molecule has 2 bridgehead atoms. The molecule has 1 spiro atoms. The zero-order valence-corrected chi connectivity index (χ0v) is 35.9. The molecule has 60 heavy (non-hydrogen) atoms. The quantitative estimate of drug-likeness (QED) is 0.202. The van der Waals surface area contributed by atoms with E-state index in [1.54, 1.807) is 7.11 Å². The molecule has 3 aromatic rings. The van der Waals surface area contributed by atoms with Crippen LogP contribution in [0.2, 0.25) is 0 Å². The third-order valence-electron chi connectivity index (χ3n) is 16.0. The number of carbonyl (C=O) groups is 3. The molecular formula is C46H60N4O10. The van der Waals surface area contributed by atoms with Gasteiger partial charge in [-0.2, -0.15) is 0 Å². The second kappa shape index (κ2) is 14.2. The number of anilines is 1. The summed E-state index contributed by atoms with van der Waals surface area (Å²) in [5, 5.41) is 37.9. The number of aliphatic hydroxyl groups excluding tert-OH is 1. The van der Waals surface area contributed by atoms with E-state index in [9.17, 15) is 24.9 Å². The summed E-state index contributed by atoms with van der Waals surface area (Å²) in [6.45, 7) is 8.08. The Morgan fingerprint density at radius 2 is 1.67 bits per heavy atom. The summed E-state index contributed by atoms with van der Waals surface area (Å²) in [6.07, 6.45) is 0.888. The Morgan fingerprint density at radius 3 is 2.35 bits per heavy atom. The van der Waals surface area contributed by atoms with E-state index in [-0.39, 0.29) is 12.3 Å². The van der Waals surface area contributed by atoms with E-state index in [1.807, 2.05) is 50.1 Å². The van der Waals surface area contributed by atoms with Crippen LogP contribution in [-0.2, 0) is 45.8 Å². The number of H-pyrrole nitrogens is 1. The highest BCUT2D eigenvalue weighted by atomic mass is 16.6. The molecule has 14 heteroatoms. The molecule has 6 aliphatic rings. The van der Waals surface area contributed by atoms with E-state index in [0.717, 1.165) is 27.7 Å². The second-order valence-electron chi connectivity index (χ2n) is 18.8. The second-order valence-corrected chi connectivity index (χ2v) is 18.8. The molecular weight excluding hydrogens is 769 g/mol. The Hall–Kier alpha value is -4.21. The van der Waals surface area contributed by atoms with Gasteiger partial charge in [-0.05, 0) is 80.7 Å². The van der Waals surface area contributed by atoms with Crippen molar-refractivity contribution < 1.29 is 48.7 Å². The molecule has 1 aliphatic carbocycles. The van der Waals surface area contributed by atoms with Gasteiger partial charge in [0.1, 0.15) is 11.2 Å². The number of methoxy groups -OCH3 is 3. The van der Waals surface area contributed by atoms with Crippen molar-refractivity contribution in [1.82, 2.24) is 14.8 Å². The first-order valence-corrected chi connectivity index (χ1v) is 21.6. The van der Waals surface area contributed by atoms with Crippen molar-refractivity contribution in [3.8, 4) is 5.75 Å². The average Bonchev–Trinajstić information content (AvgIpc) is 3.89. The predicted molar refractivity (Wildman–Crippen MR) is 222 cm³/mol. The van der Waals surface area contributed by atoms with Crippen LogP contribution >= 0.6 is 0 Å². The molecule has 1 saturated carbocycles. The van der Waals surface area contributed by atoms with Crippen LogP contribution in [0.25, 0.3) is 10.9 Å². The maximum atomic E-state index is 15.3. The summed E-state index contributed by atoms with van der Waals surface area (Å²) < 4.78 is 23.9. The Morgan fingerprint density at radius 1 is 0.917 bits per heavy atom. The number of rotatable bonds is 7. The van der Waals surface area contributed by atoms with Gasteiger partial charge in [0.05, 0.1) is 39.1 Å². The van der Waals surface area contributed by atoms with Crippen molar-refractivity contribution >= 4 is 34.5 Å². The number of aromatic amines is 1. The third kappa shape index (κ3) is 5.32. The number of hydrogen-bond acceptors (Lipinski definition) is 13. The van der Waals surface area contributed by atoms with E-state index >= 15 is 4.79 Å². The predicted octanol–water partition coefficient (Wildman–Crippen LogP) is 3.19. The largest absolute Gasteiger partial charge is 0.496 e. The summed E-state index contributed by atoms with van der Waals surface area (Å²) in [5.74, 6) is -1.73. The van der Waals surface area contributed by atoms with Crippen molar-refractivity contribution in [3.63, 3.8) is 0 Å².